The van der Waals surface area contributed by atoms with E-state index < -0.39 is 0 Å². The number of carbonyl (C=O) groups is 2. The zero-order valence-corrected chi connectivity index (χ0v) is 19.7. The van der Waals surface area contributed by atoms with Crippen LogP contribution in [-0.2, 0) is 0 Å². The van der Waals surface area contributed by atoms with E-state index in [1.54, 1.807) is 59.3 Å². The number of rotatable bonds is 5. The normalized spacial score (nSPS) is 10.9. The Morgan fingerprint density at radius 1 is 0.771 bits per heavy atom. The number of aromatic nitrogens is 3. The van der Waals surface area contributed by atoms with E-state index in [1.807, 2.05) is 51.1 Å². The van der Waals surface area contributed by atoms with E-state index in [2.05, 4.69) is 10.4 Å². The molecule has 0 aliphatic rings. The molecule has 35 heavy (non-hydrogen) atoms. The highest BCUT2D eigenvalue weighted by Crippen LogP contribution is 2.25. The summed E-state index contributed by atoms with van der Waals surface area (Å²) in [5.74, 6) is 0.499. The molecule has 0 aliphatic heterocycles. The number of benzene rings is 3. The van der Waals surface area contributed by atoms with Crippen molar-refractivity contribution in [3.8, 4) is 5.82 Å². The van der Waals surface area contributed by atoms with Crippen LogP contribution in [-0.4, -0.2) is 26.5 Å². The summed E-state index contributed by atoms with van der Waals surface area (Å²) in [4.78, 5) is 31.3. The number of aryl methyl sites for hydroxylation is 3. The van der Waals surface area contributed by atoms with Gasteiger partial charge in [-0.1, -0.05) is 66.7 Å². The Morgan fingerprint density at radius 2 is 1.49 bits per heavy atom. The second kappa shape index (κ2) is 8.99. The molecule has 1 amide bonds. The average Bonchev–Trinajstić information content (AvgIpc) is 3.24. The van der Waals surface area contributed by atoms with E-state index in [0.717, 1.165) is 27.7 Å². The molecule has 172 valence electrons. The highest BCUT2D eigenvalue weighted by Gasteiger charge is 2.20. The van der Waals surface area contributed by atoms with E-state index in [-0.39, 0.29) is 11.7 Å². The van der Waals surface area contributed by atoms with Gasteiger partial charge in [-0.05, 0) is 44.0 Å². The summed E-state index contributed by atoms with van der Waals surface area (Å²) in [6.45, 7) is 5.92. The molecular weight excluding hydrogens is 436 g/mol. The van der Waals surface area contributed by atoms with E-state index in [0.29, 0.717) is 28.3 Å². The van der Waals surface area contributed by atoms with Gasteiger partial charge in [0.05, 0.1) is 16.8 Å². The predicted molar refractivity (Wildman–Crippen MR) is 137 cm³/mol. The summed E-state index contributed by atoms with van der Waals surface area (Å²) in [5, 5.41) is 8.61. The topological polar surface area (TPSA) is 76.9 Å². The molecule has 0 saturated heterocycles. The van der Waals surface area contributed by atoms with Crippen molar-refractivity contribution in [3.05, 3.63) is 118 Å². The number of ketones is 1. The van der Waals surface area contributed by atoms with Crippen LogP contribution < -0.4 is 5.32 Å². The Morgan fingerprint density at radius 3 is 2.26 bits per heavy atom. The van der Waals surface area contributed by atoms with E-state index in [9.17, 15) is 9.59 Å². The lowest BCUT2D eigenvalue weighted by Gasteiger charge is -2.13. The van der Waals surface area contributed by atoms with Gasteiger partial charge in [-0.3, -0.25) is 9.59 Å². The third-order valence-electron chi connectivity index (χ3n) is 5.98. The van der Waals surface area contributed by atoms with Crippen LogP contribution in [0.1, 0.15) is 43.1 Å². The highest BCUT2D eigenvalue weighted by atomic mass is 16.2. The minimum Gasteiger partial charge on any atom is -0.306 e. The first-order valence-electron chi connectivity index (χ1n) is 11.4. The lowest BCUT2D eigenvalue weighted by molar-refractivity contribution is 0.0996. The molecule has 0 atom stereocenters. The predicted octanol–water partition coefficient (Wildman–Crippen LogP) is 5.83. The van der Waals surface area contributed by atoms with Gasteiger partial charge in [0.1, 0.15) is 5.82 Å². The molecule has 0 radical (unpaired) electrons. The first kappa shape index (κ1) is 22.2. The third-order valence-corrected chi connectivity index (χ3v) is 5.98. The summed E-state index contributed by atoms with van der Waals surface area (Å²) < 4.78 is 1.63. The number of para-hydroxylation sites is 1. The Kier molecular flexibility index (Phi) is 5.71. The maximum absolute atomic E-state index is 13.4. The second-order valence-corrected chi connectivity index (χ2v) is 8.55. The number of fused-ring (bicyclic) bond motifs is 1. The largest absolute Gasteiger partial charge is 0.306 e. The summed E-state index contributed by atoms with van der Waals surface area (Å²) in [6, 6.07) is 25.6. The molecule has 2 aromatic heterocycles. The molecule has 2 heterocycles. The molecule has 5 aromatic rings. The van der Waals surface area contributed by atoms with E-state index >= 15 is 0 Å². The Balaban J connectivity index is 1.52. The number of anilines is 1. The van der Waals surface area contributed by atoms with Crippen molar-refractivity contribution in [2.45, 2.75) is 20.8 Å². The van der Waals surface area contributed by atoms with Gasteiger partial charge in [0.15, 0.2) is 11.6 Å². The SMILES string of the molecule is Cc1cc(NC(=O)c2ccccc2C(=O)c2ccccc2)n(-c2cc(C)c3cccc(C)c3n2)n1. The summed E-state index contributed by atoms with van der Waals surface area (Å²) in [7, 11) is 0. The summed E-state index contributed by atoms with van der Waals surface area (Å²) in [6.07, 6.45) is 0. The Labute approximate surface area is 203 Å². The average molecular weight is 461 g/mol. The third kappa shape index (κ3) is 4.22. The summed E-state index contributed by atoms with van der Waals surface area (Å²) in [5.41, 5.74) is 4.93. The van der Waals surface area contributed by atoms with Gasteiger partial charge >= 0.3 is 0 Å². The number of carbonyl (C=O) groups excluding carboxylic acids is 2. The number of hydrogen-bond donors (Lipinski definition) is 1. The first-order chi connectivity index (χ1) is 16.9. The van der Waals surface area contributed by atoms with Crippen molar-refractivity contribution < 1.29 is 9.59 Å². The van der Waals surface area contributed by atoms with Crippen molar-refractivity contribution in [3.63, 3.8) is 0 Å². The van der Waals surface area contributed by atoms with Crippen LogP contribution in [0.5, 0.6) is 0 Å². The molecule has 6 heteroatoms. The molecule has 0 spiro atoms. The molecule has 6 nitrogen and oxygen atoms in total. The van der Waals surface area contributed by atoms with Crippen molar-refractivity contribution in [2.75, 3.05) is 5.32 Å². The molecule has 5 rings (SSSR count). The maximum Gasteiger partial charge on any atom is 0.257 e. The summed E-state index contributed by atoms with van der Waals surface area (Å²) >= 11 is 0. The van der Waals surface area contributed by atoms with Crippen LogP contribution in [0.2, 0.25) is 0 Å². The van der Waals surface area contributed by atoms with Gasteiger partial charge in [-0.15, -0.1) is 0 Å². The van der Waals surface area contributed by atoms with Crippen molar-refractivity contribution in [1.82, 2.24) is 14.8 Å². The minimum atomic E-state index is -0.389. The molecule has 0 unspecified atom stereocenters. The lowest BCUT2D eigenvalue weighted by atomic mass is 9.98. The van der Waals surface area contributed by atoms with Gasteiger partial charge in [-0.2, -0.15) is 9.78 Å². The first-order valence-corrected chi connectivity index (χ1v) is 11.4. The van der Waals surface area contributed by atoms with Gasteiger partial charge in [0.25, 0.3) is 5.91 Å². The molecule has 0 fully saturated rings. The van der Waals surface area contributed by atoms with Gasteiger partial charge in [0, 0.05) is 22.6 Å². The molecule has 0 bridgehead atoms. The van der Waals surface area contributed by atoms with Crippen LogP contribution in [0.25, 0.3) is 16.7 Å². The smallest absolute Gasteiger partial charge is 0.257 e. The van der Waals surface area contributed by atoms with Crippen molar-refractivity contribution in [2.24, 2.45) is 0 Å². The maximum atomic E-state index is 13.4. The highest BCUT2D eigenvalue weighted by molar-refractivity contribution is 6.17. The van der Waals surface area contributed by atoms with E-state index in [4.69, 9.17) is 4.98 Å². The molecule has 0 aliphatic carbocycles. The van der Waals surface area contributed by atoms with Crippen LogP contribution in [0.3, 0.4) is 0 Å². The number of pyridine rings is 1. The van der Waals surface area contributed by atoms with Crippen LogP contribution in [0.15, 0.2) is 84.9 Å². The number of nitrogens with one attached hydrogen (secondary N) is 1. The fourth-order valence-electron chi connectivity index (χ4n) is 4.22. The fourth-order valence-corrected chi connectivity index (χ4v) is 4.22. The van der Waals surface area contributed by atoms with E-state index in [1.165, 1.54) is 0 Å². The Bertz CT molecular complexity index is 1590. The van der Waals surface area contributed by atoms with Gasteiger partial charge in [-0.25, -0.2) is 4.98 Å². The number of nitrogens with zero attached hydrogens (tertiary/aromatic N) is 3. The second-order valence-electron chi connectivity index (χ2n) is 8.55. The van der Waals surface area contributed by atoms with Gasteiger partial charge < -0.3 is 5.32 Å². The number of amides is 1. The van der Waals surface area contributed by atoms with Crippen molar-refractivity contribution >= 4 is 28.4 Å². The Hall–Kier alpha value is -4.58. The monoisotopic (exact) mass is 460 g/mol. The number of hydrogen-bond acceptors (Lipinski definition) is 4. The molecular formula is C29H24N4O2. The molecule has 0 saturated carbocycles. The quantitative estimate of drug-likeness (QED) is 0.335. The van der Waals surface area contributed by atoms with Gasteiger partial charge in [0.2, 0.25) is 0 Å². The van der Waals surface area contributed by atoms with Crippen LogP contribution >= 0.6 is 0 Å². The van der Waals surface area contributed by atoms with Crippen molar-refractivity contribution in [1.29, 1.82) is 0 Å². The molecule has 1 N–H and O–H groups in total. The standard InChI is InChI=1S/C29H24N4O2/c1-18-10-9-15-22-19(2)16-25(30-27(18)22)33-26(17-20(3)32-33)31-29(35)24-14-8-7-13-23(24)28(34)21-11-5-4-6-12-21/h4-17H,1-3H3,(H,31,35). The lowest BCUT2D eigenvalue weighted by Crippen LogP contribution is -2.19. The minimum absolute atomic E-state index is 0.205. The van der Waals surface area contributed by atoms with Crippen LogP contribution in [0, 0.1) is 20.8 Å². The fraction of sp³-hybridized carbons (Fsp3) is 0.103. The molecule has 3 aromatic carbocycles. The zero-order chi connectivity index (χ0) is 24.5. The zero-order valence-electron chi connectivity index (χ0n) is 19.7. The van der Waals surface area contributed by atoms with Crippen LogP contribution in [0.4, 0.5) is 5.82 Å².